The van der Waals surface area contributed by atoms with Crippen LogP contribution in [0.15, 0.2) is 337 Å². The summed E-state index contributed by atoms with van der Waals surface area (Å²) in [6, 6.07) is 111. The summed E-state index contributed by atoms with van der Waals surface area (Å²) in [6.45, 7) is -1.10. The van der Waals surface area contributed by atoms with Crippen molar-refractivity contribution in [3.05, 3.63) is 345 Å². The Labute approximate surface area is 554 Å². The number of para-hydroxylation sites is 7. The van der Waals surface area contributed by atoms with Crippen LogP contribution in [0.5, 0.6) is 0 Å². The molecule has 0 atom stereocenters. The summed E-state index contributed by atoms with van der Waals surface area (Å²) in [4.78, 5) is 11.8. The number of nitrogens with zero attached hydrogens (tertiary/aromatic N) is 5. The van der Waals surface area contributed by atoms with Crippen molar-refractivity contribution in [2.24, 2.45) is 0 Å². The third-order valence-corrected chi connectivity index (χ3v) is 20.2. The molecule has 0 aliphatic carbocycles. The molecule has 448 valence electrons. The normalized spacial score (nSPS) is 12.9. The molecule has 0 amide bonds. The highest BCUT2D eigenvalue weighted by Gasteiger charge is 2.50. The lowest BCUT2D eigenvalue weighted by atomic mass is 9.31. The summed E-state index contributed by atoms with van der Waals surface area (Å²) < 4.78 is 55.6. The summed E-state index contributed by atoms with van der Waals surface area (Å²) in [6.07, 6.45) is 0. The van der Waals surface area contributed by atoms with E-state index in [0.717, 1.165) is 117 Å². The molecule has 14 aromatic carbocycles. The van der Waals surface area contributed by atoms with Crippen LogP contribution < -0.4 is 57.3 Å². The van der Waals surface area contributed by atoms with Gasteiger partial charge >= 0.3 is 0 Å². The van der Waals surface area contributed by atoms with Crippen LogP contribution in [-0.2, 0) is 0 Å². The molecule has 14 aromatic rings. The van der Waals surface area contributed by atoms with Gasteiger partial charge < -0.3 is 24.5 Å². The van der Waals surface area contributed by atoms with Gasteiger partial charge in [0.2, 0.25) is 6.71 Å². The Morgan fingerprint density at radius 3 is 1.14 bits per heavy atom. The maximum Gasteiger partial charge on any atom is 0.252 e. The number of fused-ring (bicyclic) bond motifs is 8. The van der Waals surface area contributed by atoms with Crippen LogP contribution in [0.2, 0.25) is 0 Å². The van der Waals surface area contributed by atoms with Gasteiger partial charge in [-0.15, -0.1) is 0 Å². The minimum Gasteiger partial charge on any atom is -0.311 e. The van der Waals surface area contributed by atoms with Crippen molar-refractivity contribution >= 4 is 143 Å². The van der Waals surface area contributed by atoms with Gasteiger partial charge in [-0.2, -0.15) is 0 Å². The van der Waals surface area contributed by atoms with Crippen LogP contribution in [-0.4, -0.2) is 13.4 Å². The van der Waals surface area contributed by atoms with Gasteiger partial charge in [0.05, 0.1) is 11.4 Å². The highest BCUT2D eigenvalue weighted by atomic mass is 32.2. The lowest BCUT2D eigenvalue weighted by Crippen LogP contribution is -2.65. The lowest BCUT2D eigenvalue weighted by Gasteiger charge is -2.46. The predicted octanol–water partition coefficient (Wildman–Crippen LogP) is 19.2. The SMILES string of the molecule is Fc1cccc(F)c1N1c2cc(N(c3ccccc3)c3ccccc3)cc3c2B(c2ccccc2N3c2ccccc2)c2cc3c(c(F)c21)Sc1cc(N(c2ccc(-c4ccccc4)cc2)c2ccc(-c4ccccc4)cc2)cc2c1B3c1ccccc1N2c1ccccc1. The second-order valence-corrected chi connectivity index (χ2v) is 25.4. The highest BCUT2D eigenvalue weighted by molar-refractivity contribution is 8.00. The minimum atomic E-state index is -0.826. The third-order valence-electron chi connectivity index (χ3n) is 19.0. The Morgan fingerprint density at radius 2 is 0.653 bits per heavy atom. The largest absolute Gasteiger partial charge is 0.311 e. The molecule has 4 aliphatic rings. The zero-order chi connectivity index (χ0) is 63.3. The molecule has 0 radical (unpaired) electrons. The van der Waals surface area contributed by atoms with E-state index in [0.29, 0.717) is 21.7 Å². The summed E-state index contributed by atoms with van der Waals surface area (Å²) in [5.74, 6) is -2.22. The Morgan fingerprint density at radius 1 is 0.274 bits per heavy atom. The zero-order valence-corrected chi connectivity index (χ0v) is 51.9. The maximum atomic E-state index is 20.3. The van der Waals surface area contributed by atoms with E-state index < -0.39 is 30.9 Å². The van der Waals surface area contributed by atoms with Crippen molar-refractivity contribution in [2.75, 3.05) is 24.5 Å². The van der Waals surface area contributed by atoms with E-state index in [1.165, 1.54) is 30.0 Å². The number of rotatable bonds is 11. The fourth-order valence-corrected chi connectivity index (χ4v) is 16.2. The van der Waals surface area contributed by atoms with Crippen LogP contribution in [0.1, 0.15) is 0 Å². The molecule has 18 rings (SSSR count). The summed E-state index contributed by atoms with van der Waals surface area (Å²) in [7, 11) is 0. The second-order valence-electron chi connectivity index (χ2n) is 24.3. The van der Waals surface area contributed by atoms with Crippen molar-refractivity contribution in [1.82, 2.24) is 0 Å². The Hall–Kier alpha value is -11.7. The Balaban J connectivity index is 0.910. The van der Waals surface area contributed by atoms with Crippen LogP contribution >= 0.6 is 11.8 Å². The molecule has 5 nitrogen and oxygen atoms in total. The van der Waals surface area contributed by atoms with E-state index in [9.17, 15) is 0 Å². The standard InChI is InChI=1S/C84H54B2F3N5S/c87-71-38-23-39-72(88)83(71)94-76-51-65(90(59-28-11-3-12-29-59)60-30-13-4-14-31-60)50-75-79(76)85(67-36-19-21-40-73(67)92(75)61-32-15-5-16-33-61)69-54-70-84(81(89)82(69)94)95-78-53-66(52-77-80(78)86(70)68-37-20-22-41-74(68)93(77)62-34-17-6-18-35-62)91(63-46-42-57(43-47-63)55-24-7-1-8-25-55)64-48-44-58(45-49-64)56-26-9-2-10-27-56/h1-54H. The summed E-state index contributed by atoms with van der Waals surface area (Å²) >= 11 is 1.38. The van der Waals surface area contributed by atoms with Gasteiger partial charge in [-0.05, 0) is 171 Å². The first-order valence-electron chi connectivity index (χ1n) is 32.0. The zero-order valence-electron chi connectivity index (χ0n) is 51.1. The van der Waals surface area contributed by atoms with Crippen LogP contribution in [0, 0.1) is 17.5 Å². The molecule has 0 N–H and O–H groups in total. The van der Waals surface area contributed by atoms with Gasteiger partial charge in [0.25, 0.3) is 6.71 Å². The van der Waals surface area contributed by atoms with Gasteiger partial charge in [-0.25, -0.2) is 13.2 Å². The highest BCUT2D eigenvalue weighted by Crippen LogP contribution is 2.53. The van der Waals surface area contributed by atoms with Crippen LogP contribution in [0.25, 0.3) is 22.3 Å². The van der Waals surface area contributed by atoms with E-state index in [1.807, 2.05) is 91.0 Å². The molecule has 95 heavy (non-hydrogen) atoms. The van der Waals surface area contributed by atoms with E-state index in [2.05, 4.69) is 238 Å². The molecule has 0 saturated heterocycles. The Kier molecular flexibility index (Phi) is 13.5. The molecule has 0 unspecified atom stereocenters. The topological polar surface area (TPSA) is 16.2 Å². The van der Waals surface area contributed by atoms with Crippen LogP contribution in [0.4, 0.5) is 98.5 Å². The average molecular weight is 1240 g/mol. The van der Waals surface area contributed by atoms with Gasteiger partial charge in [-0.1, -0.05) is 223 Å². The molecule has 0 spiro atoms. The fourth-order valence-electron chi connectivity index (χ4n) is 15.0. The molecule has 0 fully saturated rings. The predicted molar refractivity (Wildman–Crippen MR) is 390 cm³/mol. The third kappa shape index (κ3) is 9.20. The monoisotopic (exact) mass is 1240 g/mol. The molecule has 4 heterocycles. The molecular formula is C84H54B2F3N5S. The van der Waals surface area contributed by atoms with E-state index >= 15 is 13.2 Å². The first-order chi connectivity index (χ1) is 46.9. The van der Waals surface area contributed by atoms with Crippen molar-refractivity contribution in [1.29, 1.82) is 0 Å². The van der Waals surface area contributed by atoms with Crippen molar-refractivity contribution < 1.29 is 13.2 Å². The molecule has 0 bridgehead atoms. The molecular weight excluding hydrogens is 1190 g/mol. The smallest absolute Gasteiger partial charge is 0.252 e. The van der Waals surface area contributed by atoms with Crippen molar-refractivity contribution in [2.45, 2.75) is 9.79 Å². The minimum absolute atomic E-state index is 0.0864. The van der Waals surface area contributed by atoms with Gasteiger partial charge in [0.1, 0.15) is 17.3 Å². The lowest BCUT2D eigenvalue weighted by molar-refractivity contribution is 0.580. The second kappa shape index (κ2) is 22.9. The number of hydrogen-bond donors (Lipinski definition) is 0. The fraction of sp³-hybridized carbons (Fsp3) is 0. The van der Waals surface area contributed by atoms with Crippen molar-refractivity contribution in [3.8, 4) is 22.3 Å². The number of halogens is 3. The van der Waals surface area contributed by atoms with Crippen molar-refractivity contribution in [3.63, 3.8) is 0 Å². The maximum absolute atomic E-state index is 20.3. The quantitative estimate of drug-likeness (QED) is 0.119. The first kappa shape index (κ1) is 56.1. The van der Waals surface area contributed by atoms with Gasteiger partial charge in [-0.3, -0.25) is 0 Å². The average Bonchev–Trinajstić information content (AvgIpc) is 0.684. The number of benzene rings is 14. The Bertz CT molecular complexity index is 5150. The van der Waals surface area contributed by atoms with Crippen LogP contribution in [0.3, 0.4) is 0 Å². The molecule has 4 aliphatic heterocycles. The van der Waals surface area contributed by atoms with E-state index in [1.54, 1.807) is 4.90 Å². The number of hydrogen-bond acceptors (Lipinski definition) is 6. The summed E-state index contributed by atoms with van der Waals surface area (Å²) in [5, 5.41) is 0. The molecule has 0 saturated carbocycles. The van der Waals surface area contributed by atoms with Gasteiger partial charge in [0, 0.05) is 78.0 Å². The van der Waals surface area contributed by atoms with Gasteiger partial charge in [0.15, 0.2) is 5.82 Å². The van der Waals surface area contributed by atoms with E-state index in [-0.39, 0.29) is 11.4 Å². The summed E-state index contributed by atoms with van der Waals surface area (Å²) in [5.41, 5.74) is 20.3. The number of anilines is 15. The first-order valence-corrected chi connectivity index (χ1v) is 32.8. The van der Waals surface area contributed by atoms with E-state index in [4.69, 9.17) is 0 Å². The molecule has 0 aromatic heterocycles. The molecule has 11 heteroatoms.